The molecule has 9 heteroatoms. The molecule has 96 valence electrons. The van der Waals surface area contributed by atoms with E-state index >= 15 is 0 Å². The highest BCUT2D eigenvalue weighted by Crippen LogP contribution is 2.32. The van der Waals surface area contributed by atoms with Gasteiger partial charge in [-0.05, 0) is 12.1 Å². The molecule has 0 aliphatic carbocycles. The van der Waals surface area contributed by atoms with Crippen molar-refractivity contribution in [3.63, 3.8) is 0 Å². The first-order valence-electron chi connectivity index (χ1n) is 4.66. The van der Waals surface area contributed by atoms with E-state index < -0.39 is 10.0 Å². The number of H-pyrrole nitrogens is 1. The molecule has 1 aromatic heterocycles. The lowest BCUT2D eigenvalue weighted by atomic mass is 10.3. The molecule has 0 atom stereocenters. The predicted molar refractivity (Wildman–Crippen MR) is 70.3 cm³/mol. The third-order valence-electron chi connectivity index (χ3n) is 2.06. The molecule has 0 radical (unpaired) electrons. The van der Waals surface area contributed by atoms with Crippen molar-refractivity contribution in [1.29, 1.82) is 0 Å². The molecule has 0 saturated carbocycles. The Bertz CT molecular complexity index is 647. The van der Waals surface area contributed by atoms with Gasteiger partial charge in [-0.1, -0.05) is 23.2 Å². The molecule has 2 aromatic rings. The molecule has 0 unspecified atom stereocenters. The molecule has 0 fully saturated rings. The highest BCUT2D eigenvalue weighted by atomic mass is 35.5. The van der Waals surface area contributed by atoms with Gasteiger partial charge in [0.15, 0.2) is 0 Å². The fraction of sp³-hybridized carbons (Fsp3) is 0. The van der Waals surface area contributed by atoms with Crippen LogP contribution >= 0.6 is 23.2 Å². The third kappa shape index (κ3) is 2.53. The van der Waals surface area contributed by atoms with Crippen molar-refractivity contribution in [2.45, 2.75) is 4.90 Å². The number of benzene rings is 1. The molecule has 18 heavy (non-hydrogen) atoms. The van der Waals surface area contributed by atoms with Crippen LogP contribution < -0.4 is 10.5 Å². The molecule has 1 aromatic carbocycles. The van der Waals surface area contributed by atoms with Gasteiger partial charge in [-0.15, -0.1) is 0 Å². The second-order valence-electron chi connectivity index (χ2n) is 3.40. The lowest BCUT2D eigenvalue weighted by Gasteiger charge is -2.10. The average Bonchev–Trinajstić information content (AvgIpc) is 2.66. The molecule has 2 rings (SSSR count). The summed E-state index contributed by atoms with van der Waals surface area (Å²) in [7, 11) is -3.89. The van der Waals surface area contributed by atoms with E-state index in [2.05, 4.69) is 14.9 Å². The topological polar surface area (TPSA) is 101 Å². The summed E-state index contributed by atoms with van der Waals surface area (Å²) >= 11 is 11.6. The van der Waals surface area contributed by atoms with Gasteiger partial charge in [0.1, 0.15) is 4.90 Å². The first kappa shape index (κ1) is 13.0. The normalized spacial score (nSPS) is 11.4. The van der Waals surface area contributed by atoms with Crippen LogP contribution in [0, 0.1) is 0 Å². The smallest absolute Gasteiger partial charge is 0.265 e. The number of nitrogen functional groups attached to an aromatic ring is 1. The van der Waals surface area contributed by atoms with E-state index in [1.54, 1.807) is 0 Å². The van der Waals surface area contributed by atoms with Crippen molar-refractivity contribution < 1.29 is 8.42 Å². The minimum atomic E-state index is -3.89. The number of halogens is 2. The maximum Gasteiger partial charge on any atom is 0.265 e. The fourth-order valence-corrected chi connectivity index (χ4v) is 3.40. The Hall–Kier alpha value is -1.44. The number of anilines is 2. The van der Waals surface area contributed by atoms with E-state index in [1.165, 1.54) is 24.5 Å². The van der Waals surface area contributed by atoms with Crippen molar-refractivity contribution in [1.82, 2.24) is 10.2 Å². The largest absolute Gasteiger partial charge is 0.398 e. The third-order valence-corrected chi connectivity index (χ3v) is 4.18. The molecular formula is C9H8Cl2N4O2S. The Morgan fingerprint density at radius 3 is 2.61 bits per heavy atom. The van der Waals surface area contributed by atoms with Crippen LogP contribution in [0.4, 0.5) is 11.4 Å². The second-order valence-corrected chi connectivity index (χ2v) is 5.86. The second kappa shape index (κ2) is 4.68. The number of hydrogen-bond acceptors (Lipinski definition) is 4. The summed E-state index contributed by atoms with van der Waals surface area (Å²) in [5.41, 5.74) is 5.88. The number of nitrogens with zero attached hydrogens (tertiary/aromatic N) is 1. The molecule has 0 amide bonds. The van der Waals surface area contributed by atoms with E-state index in [0.717, 1.165) is 0 Å². The van der Waals surface area contributed by atoms with Crippen LogP contribution in [0.5, 0.6) is 0 Å². The quantitative estimate of drug-likeness (QED) is 0.756. The van der Waals surface area contributed by atoms with Gasteiger partial charge in [-0.3, -0.25) is 9.82 Å². The summed E-state index contributed by atoms with van der Waals surface area (Å²) in [6.07, 6.45) is 2.70. The lowest BCUT2D eigenvalue weighted by molar-refractivity contribution is 0.601. The minimum absolute atomic E-state index is 0.0245. The molecule has 4 N–H and O–H groups in total. The SMILES string of the molecule is Nc1cc(Cl)cc(Cl)c1S(=O)(=O)Nc1cn[nH]c1. The van der Waals surface area contributed by atoms with E-state index in [4.69, 9.17) is 28.9 Å². The van der Waals surface area contributed by atoms with Crippen molar-refractivity contribution in [3.05, 3.63) is 34.6 Å². The number of hydrogen-bond donors (Lipinski definition) is 3. The van der Waals surface area contributed by atoms with E-state index in [-0.39, 0.29) is 26.3 Å². The molecule has 1 heterocycles. The van der Waals surface area contributed by atoms with Crippen LogP contribution in [0.25, 0.3) is 0 Å². The Morgan fingerprint density at radius 2 is 2.06 bits per heavy atom. The zero-order chi connectivity index (χ0) is 13.3. The molecular weight excluding hydrogens is 299 g/mol. The Kier molecular flexibility index (Phi) is 3.38. The summed E-state index contributed by atoms with van der Waals surface area (Å²) in [5.74, 6) is 0. The number of nitrogens with two attached hydrogens (primary N) is 1. The molecule has 0 aliphatic heterocycles. The summed E-state index contributed by atoms with van der Waals surface area (Å²) in [5, 5.41) is 6.32. The summed E-state index contributed by atoms with van der Waals surface area (Å²) in [6.45, 7) is 0. The first-order valence-corrected chi connectivity index (χ1v) is 6.90. The molecule has 0 bridgehead atoms. The van der Waals surface area contributed by atoms with Crippen molar-refractivity contribution in [2.24, 2.45) is 0 Å². The molecule has 0 saturated heterocycles. The predicted octanol–water partition coefficient (Wildman–Crippen LogP) is 2.10. The van der Waals surface area contributed by atoms with Gasteiger partial charge in [0.25, 0.3) is 10.0 Å². The summed E-state index contributed by atoms with van der Waals surface area (Å²) < 4.78 is 26.5. The van der Waals surface area contributed by atoms with Crippen LogP contribution in [0.2, 0.25) is 10.0 Å². The van der Waals surface area contributed by atoms with Crippen LogP contribution in [-0.4, -0.2) is 18.6 Å². The number of aromatic amines is 1. The highest BCUT2D eigenvalue weighted by molar-refractivity contribution is 7.93. The zero-order valence-electron chi connectivity index (χ0n) is 8.81. The first-order chi connectivity index (χ1) is 8.40. The van der Waals surface area contributed by atoms with Crippen molar-refractivity contribution in [2.75, 3.05) is 10.5 Å². The lowest BCUT2D eigenvalue weighted by Crippen LogP contribution is -2.15. The van der Waals surface area contributed by atoms with Gasteiger partial charge in [0, 0.05) is 11.2 Å². The minimum Gasteiger partial charge on any atom is -0.398 e. The standard InChI is InChI=1S/C9H8Cl2N4O2S/c10-5-1-7(11)9(8(12)2-5)18(16,17)15-6-3-13-14-4-6/h1-4,15H,12H2,(H,13,14). The summed E-state index contributed by atoms with van der Waals surface area (Å²) in [4.78, 5) is -0.213. The Balaban J connectivity index is 2.48. The van der Waals surface area contributed by atoms with E-state index in [1.807, 2.05) is 0 Å². The van der Waals surface area contributed by atoms with Gasteiger partial charge >= 0.3 is 0 Å². The summed E-state index contributed by atoms with van der Waals surface area (Å²) in [6, 6.07) is 2.63. The van der Waals surface area contributed by atoms with Crippen LogP contribution in [0.1, 0.15) is 0 Å². The van der Waals surface area contributed by atoms with Gasteiger partial charge in [0.05, 0.1) is 22.6 Å². The Labute approximate surface area is 113 Å². The number of nitrogens with one attached hydrogen (secondary N) is 2. The van der Waals surface area contributed by atoms with Crippen LogP contribution in [0.15, 0.2) is 29.4 Å². The van der Waals surface area contributed by atoms with Crippen molar-refractivity contribution >= 4 is 44.6 Å². The zero-order valence-corrected chi connectivity index (χ0v) is 11.1. The highest BCUT2D eigenvalue weighted by Gasteiger charge is 2.22. The Morgan fingerprint density at radius 1 is 1.33 bits per heavy atom. The molecule has 0 spiro atoms. The van der Waals surface area contributed by atoms with Crippen LogP contribution in [-0.2, 0) is 10.0 Å². The maximum atomic E-state index is 12.1. The van der Waals surface area contributed by atoms with Crippen LogP contribution in [0.3, 0.4) is 0 Å². The van der Waals surface area contributed by atoms with Crippen molar-refractivity contribution in [3.8, 4) is 0 Å². The number of aromatic nitrogens is 2. The fourth-order valence-electron chi connectivity index (χ4n) is 1.38. The van der Waals surface area contributed by atoms with Gasteiger partial charge < -0.3 is 5.73 Å². The molecule has 6 nitrogen and oxygen atoms in total. The van der Waals surface area contributed by atoms with Gasteiger partial charge in [-0.2, -0.15) is 5.10 Å². The average molecular weight is 307 g/mol. The number of sulfonamides is 1. The van der Waals surface area contributed by atoms with Gasteiger partial charge in [-0.25, -0.2) is 8.42 Å². The van der Waals surface area contributed by atoms with E-state index in [0.29, 0.717) is 0 Å². The van der Waals surface area contributed by atoms with E-state index in [9.17, 15) is 8.42 Å². The van der Waals surface area contributed by atoms with Gasteiger partial charge in [0.2, 0.25) is 0 Å². The monoisotopic (exact) mass is 306 g/mol. The maximum absolute atomic E-state index is 12.1. The number of rotatable bonds is 3. The molecule has 0 aliphatic rings.